The molecule has 2 aliphatic rings. The van der Waals surface area contributed by atoms with Gasteiger partial charge in [-0.25, -0.2) is 0 Å². The number of fused-ring (bicyclic) bond motifs is 2. The van der Waals surface area contributed by atoms with E-state index in [1.54, 1.807) is 52.0 Å². The predicted molar refractivity (Wildman–Crippen MR) is 185 cm³/mol. The van der Waals surface area contributed by atoms with Gasteiger partial charge in [-0.1, -0.05) is 73.7 Å². The molecule has 4 aromatic rings. The third-order valence-electron chi connectivity index (χ3n) is 9.01. The van der Waals surface area contributed by atoms with Crippen LogP contribution in [0, 0.1) is 5.92 Å². The number of rotatable bonds is 12. The number of para-hydroxylation sites is 2. The molecule has 0 bridgehead atoms. The molecule has 10 heteroatoms. The number of ether oxygens (including phenoxy) is 2. The second kappa shape index (κ2) is 14.3. The summed E-state index contributed by atoms with van der Waals surface area (Å²) in [5, 5.41) is 21.8. The number of anilines is 3. The number of carbonyl (C=O) groups is 3. The molecule has 10 nitrogen and oxygen atoms in total. The fourth-order valence-corrected chi connectivity index (χ4v) is 6.43. The fraction of sp³-hybridized carbons (Fsp3) is 0.256. The van der Waals surface area contributed by atoms with Gasteiger partial charge in [-0.2, -0.15) is 0 Å². The molecule has 0 saturated heterocycles. The molecular weight excluding hydrogens is 622 g/mol. The molecule has 49 heavy (non-hydrogen) atoms. The summed E-state index contributed by atoms with van der Waals surface area (Å²) in [5.74, 6) is -0.516. The van der Waals surface area contributed by atoms with E-state index in [-0.39, 0.29) is 44.5 Å². The topological polar surface area (TPSA) is 120 Å². The highest BCUT2D eigenvalue weighted by molar-refractivity contribution is 6.07. The smallest absolute Gasteiger partial charge is 0.269 e. The molecule has 2 atom stereocenters. The van der Waals surface area contributed by atoms with Crippen LogP contribution >= 0.6 is 0 Å². The van der Waals surface area contributed by atoms with Crippen LogP contribution in [-0.2, 0) is 33.1 Å². The zero-order valence-corrected chi connectivity index (χ0v) is 27.5. The Morgan fingerprint density at radius 2 is 1.73 bits per heavy atom. The molecule has 6 rings (SSSR count). The van der Waals surface area contributed by atoms with E-state index < -0.39 is 17.4 Å². The van der Waals surface area contributed by atoms with Crippen LogP contribution in [0.5, 0.6) is 11.5 Å². The quantitative estimate of drug-likeness (QED) is 0.203. The first-order valence-corrected chi connectivity index (χ1v) is 16.2. The molecule has 0 saturated carbocycles. The van der Waals surface area contributed by atoms with E-state index in [1.165, 1.54) is 7.11 Å². The molecule has 2 aliphatic heterocycles. The Bertz CT molecular complexity index is 1880. The summed E-state index contributed by atoms with van der Waals surface area (Å²) in [7, 11) is 1.52. The Labute approximate surface area is 285 Å². The summed E-state index contributed by atoms with van der Waals surface area (Å²) in [4.78, 5) is 45.1. The van der Waals surface area contributed by atoms with Crippen LogP contribution in [0.1, 0.15) is 30.0 Å². The number of amides is 3. The van der Waals surface area contributed by atoms with Crippen LogP contribution in [0.4, 0.5) is 17.1 Å². The summed E-state index contributed by atoms with van der Waals surface area (Å²) in [6.07, 6.45) is 3.38. The van der Waals surface area contributed by atoms with Crippen molar-refractivity contribution in [2.45, 2.75) is 32.0 Å². The Kier molecular flexibility index (Phi) is 9.80. The number of benzene rings is 4. The second-order valence-electron chi connectivity index (χ2n) is 12.1. The lowest BCUT2D eigenvalue weighted by atomic mass is 9.83. The highest BCUT2D eigenvalue weighted by Gasteiger charge is 2.52. The lowest BCUT2D eigenvalue weighted by Crippen LogP contribution is -2.44. The first-order valence-electron chi connectivity index (χ1n) is 16.2. The van der Waals surface area contributed by atoms with Crippen LogP contribution in [0.3, 0.4) is 0 Å². The summed E-state index contributed by atoms with van der Waals surface area (Å²) >= 11 is 0. The molecule has 3 amide bonds. The molecule has 0 unspecified atom stereocenters. The maximum atomic E-state index is 14.2. The minimum absolute atomic E-state index is 0.0340. The molecule has 4 aromatic carbocycles. The fourth-order valence-electron chi connectivity index (χ4n) is 6.43. The molecule has 0 radical (unpaired) electrons. The van der Waals surface area contributed by atoms with E-state index in [1.807, 2.05) is 78.9 Å². The van der Waals surface area contributed by atoms with Crippen LogP contribution in [0.15, 0.2) is 109 Å². The summed E-state index contributed by atoms with van der Waals surface area (Å²) < 4.78 is 11.1. The summed E-state index contributed by atoms with van der Waals surface area (Å²) in [6, 6.07) is 29.4. The van der Waals surface area contributed by atoms with Gasteiger partial charge in [0.1, 0.15) is 11.5 Å². The average molecular weight is 662 g/mol. The van der Waals surface area contributed by atoms with Gasteiger partial charge in [0.25, 0.3) is 11.8 Å². The Morgan fingerprint density at radius 1 is 0.980 bits per heavy atom. The number of hydrogen-bond acceptors (Lipinski definition) is 7. The van der Waals surface area contributed by atoms with E-state index in [4.69, 9.17) is 9.47 Å². The van der Waals surface area contributed by atoms with Crippen LogP contribution in [0.25, 0.3) is 0 Å². The molecule has 0 aromatic heterocycles. The highest BCUT2D eigenvalue weighted by Crippen LogP contribution is 2.47. The van der Waals surface area contributed by atoms with E-state index in [2.05, 4.69) is 0 Å². The molecule has 2 heterocycles. The van der Waals surface area contributed by atoms with Crippen LogP contribution in [0.2, 0.25) is 0 Å². The molecular formula is C39H39N3O7. The molecule has 2 N–H and O–H groups in total. The van der Waals surface area contributed by atoms with Crippen molar-refractivity contribution < 1.29 is 34.1 Å². The number of nitrogens with zero attached hydrogens (tertiary/aromatic N) is 3. The first kappa shape index (κ1) is 33.5. The van der Waals surface area contributed by atoms with Crippen LogP contribution < -0.4 is 19.3 Å². The molecule has 252 valence electrons. The van der Waals surface area contributed by atoms with E-state index >= 15 is 0 Å². The van der Waals surface area contributed by atoms with Gasteiger partial charge in [0.05, 0.1) is 31.6 Å². The highest BCUT2D eigenvalue weighted by atomic mass is 16.5. The van der Waals surface area contributed by atoms with Crippen molar-refractivity contribution in [3.05, 3.63) is 126 Å². The van der Waals surface area contributed by atoms with Crippen molar-refractivity contribution in [1.82, 2.24) is 4.90 Å². The molecule has 0 aliphatic carbocycles. The second-order valence-corrected chi connectivity index (χ2v) is 12.1. The van der Waals surface area contributed by atoms with Gasteiger partial charge in [-0.05, 0) is 53.6 Å². The predicted octanol–water partition coefficient (Wildman–Crippen LogP) is 5.09. The standard InChI is InChI=1S/C39H39N3O7/c1-27(10-8-17-36(44)40(20-21-43)24-28-11-4-3-5-12-28)39(47)32-23-31(48-2)18-19-33(32)41(38(39)46)25-29-13-9-14-30(22-29)42-34-15-6-7-16-35(34)49-26-37(42)45/h3-16,18-19,22-23,27,43,47H,17,20-21,24-26H2,1-2H3/b10-8+/t27-,39+/m0/s1. The third kappa shape index (κ3) is 6.65. The Hall–Kier alpha value is -5.45. The lowest BCUT2D eigenvalue weighted by Gasteiger charge is -2.30. The normalized spacial score (nSPS) is 17.5. The molecule has 0 fully saturated rings. The van der Waals surface area contributed by atoms with E-state index in [0.29, 0.717) is 40.7 Å². The maximum absolute atomic E-state index is 14.2. The SMILES string of the molecule is COc1ccc2c(c1)[C@](O)([C@@H](C)/C=C/CC(=O)N(CCO)Cc1ccccc1)C(=O)N2Cc1cccc(N2C(=O)COc3ccccc32)c1. The number of aliphatic hydroxyl groups excluding tert-OH is 1. The van der Waals surface area contributed by atoms with Gasteiger partial charge in [0, 0.05) is 36.7 Å². The van der Waals surface area contributed by atoms with Crippen molar-refractivity contribution >= 4 is 34.8 Å². The average Bonchev–Trinajstić information content (AvgIpc) is 3.33. The van der Waals surface area contributed by atoms with Crippen molar-refractivity contribution in [3.63, 3.8) is 0 Å². The summed E-state index contributed by atoms with van der Waals surface area (Å²) in [5.41, 5.74) is 1.99. The zero-order valence-electron chi connectivity index (χ0n) is 27.5. The number of hydrogen-bond donors (Lipinski definition) is 2. The minimum atomic E-state index is -1.94. The number of carbonyl (C=O) groups excluding carboxylic acids is 3. The van der Waals surface area contributed by atoms with Gasteiger partial charge >= 0.3 is 0 Å². The van der Waals surface area contributed by atoms with Gasteiger partial charge in [0.2, 0.25) is 5.91 Å². The third-order valence-corrected chi connectivity index (χ3v) is 9.01. The largest absolute Gasteiger partial charge is 0.497 e. The van der Waals surface area contributed by atoms with Crippen molar-refractivity contribution in [3.8, 4) is 11.5 Å². The monoisotopic (exact) mass is 661 g/mol. The van der Waals surface area contributed by atoms with Gasteiger partial charge in [-0.3, -0.25) is 19.3 Å². The van der Waals surface area contributed by atoms with Crippen molar-refractivity contribution in [2.75, 3.05) is 36.7 Å². The van der Waals surface area contributed by atoms with E-state index in [9.17, 15) is 24.6 Å². The van der Waals surface area contributed by atoms with Crippen molar-refractivity contribution in [2.24, 2.45) is 5.92 Å². The van der Waals surface area contributed by atoms with Crippen molar-refractivity contribution in [1.29, 1.82) is 0 Å². The Balaban J connectivity index is 1.24. The van der Waals surface area contributed by atoms with Gasteiger partial charge in [-0.15, -0.1) is 0 Å². The maximum Gasteiger partial charge on any atom is 0.269 e. The molecule has 0 spiro atoms. The lowest BCUT2D eigenvalue weighted by molar-refractivity contribution is -0.139. The Morgan fingerprint density at radius 3 is 2.51 bits per heavy atom. The minimum Gasteiger partial charge on any atom is -0.497 e. The first-order chi connectivity index (χ1) is 23.7. The number of aliphatic hydroxyl groups is 2. The number of methoxy groups -OCH3 is 1. The summed E-state index contributed by atoms with van der Waals surface area (Å²) in [6.45, 7) is 2.18. The van der Waals surface area contributed by atoms with Crippen LogP contribution in [-0.4, -0.2) is 59.7 Å². The van der Waals surface area contributed by atoms with Gasteiger partial charge < -0.3 is 29.5 Å². The zero-order chi connectivity index (χ0) is 34.5. The van der Waals surface area contributed by atoms with Gasteiger partial charge in [0.15, 0.2) is 12.2 Å². The van der Waals surface area contributed by atoms with E-state index in [0.717, 1.165) is 11.1 Å².